The Labute approximate surface area is 374 Å². The number of esters is 3. The second-order valence-electron chi connectivity index (χ2n) is 19.0. The summed E-state index contributed by atoms with van der Waals surface area (Å²) in [6.07, 6.45) is 50.8. The first-order valence-corrected chi connectivity index (χ1v) is 26.9. The van der Waals surface area contributed by atoms with Crippen LogP contribution in [0.2, 0.25) is 0 Å². The summed E-state index contributed by atoms with van der Waals surface area (Å²) in [6, 6.07) is 0. The molecule has 6 heteroatoms. The largest absolute Gasteiger partial charge is 0.462 e. The summed E-state index contributed by atoms with van der Waals surface area (Å²) in [6.45, 7) is 9.04. The molecule has 0 saturated carbocycles. The van der Waals surface area contributed by atoms with Crippen molar-refractivity contribution in [3.63, 3.8) is 0 Å². The average Bonchev–Trinajstić information content (AvgIpc) is 3.23. The number of unbranched alkanes of at least 4 members (excludes halogenated alkanes) is 36. The van der Waals surface area contributed by atoms with E-state index in [0.29, 0.717) is 19.3 Å². The van der Waals surface area contributed by atoms with Crippen LogP contribution in [0.4, 0.5) is 0 Å². The Hall–Kier alpha value is -1.59. The van der Waals surface area contributed by atoms with Crippen molar-refractivity contribution in [1.29, 1.82) is 0 Å². The van der Waals surface area contributed by atoms with Gasteiger partial charge in [0, 0.05) is 19.3 Å². The molecule has 0 spiro atoms. The second kappa shape index (κ2) is 48.4. The van der Waals surface area contributed by atoms with Crippen molar-refractivity contribution in [3.8, 4) is 0 Å². The predicted molar refractivity (Wildman–Crippen MR) is 257 cm³/mol. The Kier molecular flexibility index (Phi) is 47.2. The molecule has 0 N–H and O–H groups in total. The van der Waals surface area contributed by atoms with Gasteiger partial charge in [0.05, 0.1) is 0 Å². The number of rotatable bonds is 49. The lowest BCUT2D eigenvalue weighted by Gasteiger charge is -2.18. The van der Waals surface area contributed by atoms with Crippen molar-refractivity contribution in [3.05, 3.63) is 0 Å². The maximum Gasteiger partial charge on any atom is 0.306 e. The molecule has 0 aromatic heterocycles. The number of hydrogen-bond acceptors (Lipinski definition) is 6. The van der Waals surface area contributed by atoms with E-state index < -0.39 is 6.10 Å². The molecular formula is C54H104O6. The van der Waals surface area contributed by atoms with Crippen molar-refractivity contribution >= 4 is 17.9 Å². The van der Waals surface area contributed by atoms with Crippen LogP contribution in [0.1, 0.15) is 304 Å². The van der Waals surface area contributed by atoms with Gasteiger partial charge >= 0.3 is 17.9 Å². The Balaban J connectivity index is 4.26. The predicted octanol–water partition coefficient (Wildman–Crippen LogP) is 17.5. The highest BCUT2D eigenvalue weighted by Gasteiger charge is 2.19. The van der Waals surface area contributed by atoms with Gasteiger partial charge in [-0.3, -0.25) is 14.4 Å². The van der Waals surface area contributed by atoms with E-state index in [1.807, 2.05) is 0 Å². The monoisotopic (exact) mass is 849 g/mol. The summed E-state index contributed by atoms with van der Waals surface area (Å²) in [5.74, 6) is 0.00757. The Morgan fingerprint density at radius 3 is 0.817 bits per heavy atom. The van der Waals surface area contributed by atoms with Crippen LogP contribution in [-0.2, 0) is 28.6 Å². The van der Waals surface area contributed by atoms with Crippen LogP contribution in [0.25, 0.3) is 0 Å². The molecular weight excluding hydrogens is 745 g/mol. The van der Waals surface area contributed by atoms with Gasteiger partial charge in [-0.2, -0.15) is 0 Å². The molecule has 0 fully saturated rings. The summed E-state index contributed by atoms with van der Waals surface area (Å²) in [5.41, 5.74) is 0. The van der Waals surface area contributed by atoms with E-state index in [4.69, 9.17) is 14.2 Å². The summed E-state index contributed by atoms with van der Waals surface area (Å²) >= 11 is 0. The van der Waals surface area contributed by atoms with Gasteiger partial charge in [-0.1, -0.05) is 265 Å². The lowest BCUT2D eigenvalue weighted by atomic mass is 10.0. The lowest BCUT2D eigenvalue weighted by Crippen LogP contribution is -2.30. The van der Waals surface area contributed by atoms with Gasteiger partial charge in [-0.05, 0) is 25.2 Å². The quantitative estimate of drug-likeness (QED) is 0.0345. The minimum absolute atomic E-state index is 0.0623. The highest BCUT2D eigenvalue weighted by Crippen LogP contribution is 2.17. The van der Waals surface area contributed by atoms with Crippen LogP contribution in [0.15, 0.2) is 0 Å². The maximum absolute atomic E-state index is 12.8. The van der Waals surface area contributed by atoms with Crippen LogP contribution in [0, 0.1) is 5.92 Å². The summed E-state index contributed by atoms with van der Waals surface area (Å²) in [4.78, 5) is 37.9. The fraction of sp³-hybridized carbons (Fsp3) is 0.944. The number of carbonyl (C=O) groups is 3. The standard InChI is InChI=1S/C54H104O6/c1-5-7-9-11-13-15-17-21-27-31-35-39-43-47-54(57)60-51(48-58-52(55)45-41-37-33-29-24-16-14-12-10-8-6-2)49-59-53(56)46-42-38-34-30-26-23-20-18-19-22-25-28-32-36-40-44-50(3)4/h50-51H,5-49H2,1-4H3/t51-/m0/s1. The van der Waals surface area contributed by atoms with Gasteiger partial charge < -0.3 is 14.2 Å². The third-order valence-electron chi connectivity index (χ3n) is 12.3. The van der Waals surface area contributed by atoms with Crippen molar-refractivity contribution in [2.45, 2.75) is 310 Å². The number of ether oxygens (including phenoxy) is 3. The molecule has 0 aromatic carbocycles. The average molecular weight is 849 g/mol. The van der Waals surface area contributed by atoms with Crippen LogP contribution in [0.5, 0.6) is 0 Å². The van der Waals surface area contributed by atoms with Gasteiger partial charge in [0.1, 0.15) is 13.2 Å². The van der Waals surface area contributed by atoms with E-state index in [9.17, 15) is 14.4 Å². The minimum atomic E-state index is -0.760. The highest BCUT2D eigenvalue weighted by molar-refractivity contribution is 5.71. The number of hydrogen-bond donors (Lipinski definition) is 0. The molecule has 0 unspecified atom stereocenters. The van der Waals surface area contributed by atoms with Gasteiger partial charge in [-0.15, -0.1) is 0 Å². The topological polar surface area (TPSA) is 78.9 Å². The zero-order valence-electron chi connectivity index (χ0n) is 40.9. The molecule has 0 saturated heterocycles. The highest BCUT2D eigenvalue weighted by atomic mass is 16.6. The van der Waals surface area contributed by atoms with Crippen LogP contribution >= 0.6 is 0 Å². The Morgan fingerprint density at radius 2 is 0.550 bits per heavy atom. The summed E-state index contributed by atoms with van der Waals surface area (Å²) in [7, 11) is 0. The maximum atomic E-state index is 12.8. The van der Waals surface area contributed by atoms with E-state index in [-0.39, 0.29) is 31.1 Å². The molecule has 0 aliphatic heterocycles. The molecule has 0 aliphatic carbocycles. The summed E-state index contributed by atoms with van der Waals surface area (Å²) in [5, 5.41) is 0. The third-order valence-corrected chi connectivity index (χ3v) is 12.3. The molecule has 60 heavy (non-hydrogen) atoms. The van der Waals surface area contributed by atoms with Gasteiger partial charge in [-0.25, -0.2) is 0 Å². The molecule has 0 aliphatic rings. The fourth-order valence-electron chi connectivity index (χ4n) is 8.22. The fourth-order valence-corrected chi connectivity index (χ4v) is 8.22. The van der Waals surface area contributed by atoms with Crippen molar-refractivity contribution in [2.24, 2.45) is 5.92 Å². The molecule has 356 valence electrons. The molecule has 0 rings (SSSR count). The Morgan fingerprint density at radius 1 is 0.317 bits per heavy atom. The molecule has 1 atom stereocenters. The van der Waals surface area contributed by atoms with Crippen molar-refractivity contribution in [1.82, 2.24) is 0 Å². The second-order valence-corrected chi connectivity index (χ2v) is 19.0. The summed E-state index contributed by atoms with van der Waals surface area (Å²) < 4.78 is 16.8. The van der Waals surface area contributed by atoms with E-state index in [1.165, 1.54) is 199 Å². The lowest BCUT2D eigenvalue weighted by molar-refractivity contribution is -0.167. The van der Waals surface area contributed by atoms with Crippen molar-refractivity contribution in [2.75, 3.05) is 13.2 Å². The zero-order valence-corrected chi connectivity index (χ0v) is 40.9. The molecule has 0 heterocycles. The van der Waals surface area contributed by atoms with Crippen molar-refractivity contribution < 1.29 is 28.6 Å². The molecule has 6 nitrogen and oxygen atoms in total. The molecule has 0 amide bonds. The molecule has 0 aromatic rings. The van der Waals surface area contributed by atoms with E-state index in [0.717, 1.165) is 63.7 Å². The van der Waals surface area contributed by atoms with E-state index >= 15 is 0 Å². The van der Waals surface area contributed by atoms with E-state index in [1.54, 1.807) is 0 Å². The SMILES string of the molecule is CCCCCCCCCCCCCCCC(=O)O[C@@H](COC(=O)CCCCCCCCCCCCC)COC(=O)CCCCCCCCCCCCCCCCCC(C)C. The normalized spacial score (nSPS) is 11.9. The molecule has 0 radical (unpaired) electrons. The van der Waals surface area contributed by atoms with Crippen LogP contribution in [-0.4, -0.2) is 37.2 Å². The first kappa shape index (κ1) is 58.4. The number of carbonyl (C=O) groups excluding carboxylic acids is 3. The molecule has 0 bridgehead atoms. The van der Waals surface area contributed by atoms with Crippen LogP contribution < -0.4 is 0 Å². The third kappa shape index (κ3) is 47.5. The van der Waals surface area contributed by atoms with Crippen LogP contribution in [0.3, 0.4) is 0 Å². The zero-order chi connectivity index (χ0) is 43.8. The first-order valence-electron chi connectivity index (χ1n) is 26.9. The van der Waals surface area contributed by atoms with Gasteiger partial charge in [0.25, 0.3) is 0 Å². The van der Waals surface area contributed by atoms with E-state index in [2.05, 4.69) is 27.7 Å². The minimum Gasteiger partial charge on any atom is -0.462 e. The van der Waals surface area contributed by atoms with Gasteiger partial charge in [0.15, 0.2) is 6.10 Å². The van der Waals surface area contributed by atoms with Gasteiger partial charge in [0.2, 0.25) is 0 Å². The Bertz CT molecular complexity index is 903. The smallest absolute Gasteiger partial charge is 0.306 e. The first-order chi connectivity index (χ1) is 29.4.